The minimum absolute atomic E-state index is 0.166. The topological polar surface area (TPSA) is 25.8 Å². The Morgan fingerprint density at radius 1 is 1.21 bits per heavy atom. The molecule has 0 radical (unpaired) electrons. The summed E-state index contributed by atoms with van der Waals surface area (Å²) in [6, 6.07) is 3.40. The Kier molecular flexibility index (Phi) is 4.10. The maximum atomic E-state index is 13.1. The smallest absolute Gasteiger partial charge is 0.132 e. The number of hydrogen-bond acceptors (Lipinski definition) is 2. The summed E-state index contributed by atoms with van der Waals surface area (Å²) < 4.78 is 26.2. The molecule has 1 heterocycles. The molecule has 0 bridgehead atoms. The summed E-state index contributed by atoms with van der Waals surface area (Å²) in [6.07, 6.45) is 1.94. The molecule has 1 atom stereocenters. The summed E-state index contributed by atoms with van der Waals surface area (Å²) in [5.74, 6) is -0.681. The van der Waals surface area contributed by atoms with Crippen molar-refractivity contribution >= 4 is 11.6 Å². The molecule has 1 aromatic carbocycles. The Hall–Kier alpha value is -1.55. The Balaban J connectivity index is 2.26. The van der Waals surface area contributed by atoms with Gasteiger partial charge < -0.3 is 0 Å². The molecule has 0 saturated carbocycles. The highest BCUT2D eigenvalue weighted by Gasteiger charge is 2.09. The zero-order valence-corrected chi connectivity index (χ0v) is 11.4. The molecule has 19 heavy (non-hydrogen) atoms. The van der Waals surface area contributed by atoms with Crippen LogP contribution in [0.4, 0.5) is 8.78 Å². The third-order valence-electron chi connectivity index (χ3n) is 2.78. The van der Waals surface area contributed by atoms with Crippen LogP contribution in [0.15, 0.2) is 24.4 Å². The third-order valence-corrected chi connectivity index (χ3v) is 3.02. The van der Waals surface area contributed by atoms with Crippen LogP contribution < -0.4 is 0 Å². The molecule has 2 nitrogen and oxygen atoms in total. The van der Waals surface area contributed by atoms with Crippen LogP contribution in [0, 0.1) is 18.6 Å². The molecular weight excluding hydrogens is 270 g/mol. The largest absolute Gasteiger partial charge is 0.241 e. The molecule has 0 spiro atoms. The van der Waals surface area contributed by atoms with Crippen LogP contribution in [-0.4, -0.2) is 9.97 Å². The molecule has 0 N–H and O–H groups in total. The summed E-state index contributed by atoms with van der Waals surface area (Å²) in [5.41, 5.74) is 2.14. The fourth-order valence-corrected chi connectivity index (χ4v) is 2.11. The van der Waals surface area contributed by atoms with Gasteiger partial charge in [-0.3, -0.25) is 0 Å². The van der Waals surface area contributed by atoms with Crippen LogP contribution in [0.2, 0.25) is 0 Å². The number of alkyl halides is 1. The first-order valence-corrected chi connectivity index (χ1v) is 6.31. The van der Waals surface area contributed by atoms with Crippen molar-refractivity contribution in [3.8, 4) is 0 Å². The lowest BCUT2D eigenvalue weighted by atomic mass is 10.1. The monoisotopic (exact) mass is 282 g/mol. The SMILES string of the molecule is Cc1nc(Cc2cc(F)cc(F)c2)ncc1C(C)Cl. The van der Waals surface area contributed by atoms with E-state index in [4.69, 9.17) is 11.6 Å². The third kappa shape index (κ3) is 3.47. The van der Waals surface area contributed by atoms with E-state index in [0.717, 1.165) is 17.3 Å². The lowest BCUT2D eigenvalue weighted by Gasteiger charge is -2.08. The summed E-state index contributed by atoms with van der Waals surface area (Å²) in [5, 5.41) is -0.166. The normalized spacial score (nSPS) is 12.5. The van der Waals surface area contributed by atoms with Gasteiger partial charge in [0.2, 0.25) is 0 Å². The Morgan fingerprint density at radius 3 is 2.37 bits per heavy atom. The van der Waals surface area contributed by atoms with E-state index < -0.39 is 11.6 Å². The summed E-state index contributed by atoms with van der Waals surface area (Å²) in [6.45, 7) is 3.68. The Labute approximate surface area is 115 Å². The van der Waals surface area contributed by atoms with Gasteiger partial charge in [-0.05, 0) is 31.5 Å². The first-order valence-electron chi connectivity index (χ1n) is 5.87. The van der Waals surface area contributed by atoms with E-state index in [0.29, 0.717) is 11.4 Å². The van der Waals surface area contributed by atoms with Gasteiger partial charge in [0.25, 0.3) is 0 Å². The number of aromatic nitrogens is 2. The second kappa shape index (κ2) is 5.61. The van der Waals surface area contributed by atoms with E-state index >= 15 is 0 Å². The molecule has 2 aromatic rings. The van der Waals surface area contributed by atoms with Gasteiger partial charge in [0.1, 0.15) is 17.5 Å². The number of benzene rings is 1. The summed E-state index contributed by atoms with van der Waals surface area (Å²) >= 11 is 5.98. The van der Waals surface area contributed by atoms with E-state index in [1.165, 1.54) is 12.1 Å². The van der Waals surface area contributed by atoms with Gasteiger partial charge >= 0.3 is 0 Å². The molecule has 100 valence electrons. The summed E-state index contributed by atoms with van der Waals surface area (Å²) in [4.78, 5) is 8.48. The number of halogens is 3. The lowest BCUT2D eigenvalue weighted by molar-refractivity contribution is 0.580. The van der Waals surface area contributed by atoms with E-state index in [-0.39, 0.29) is 11.8 Å². The van der Waals surface area contributed by atoms with Crippen molar-refractivity contribution in [1.82, 2.24) is 9.97 Å². The van der Waals surface area contributed by atoms with Crippen molar-refractivity contribution in [2.45, 2.75) is 25.6 Å². The standard InChI is InChI=1S/C14H13ClF2N2/c1-8(15)13-7-18-14(19-9(13)2)5-10-3-11(16)6-12(17)4-10/h3-4,6-8H,5H2,1-2H3. The molecule has 2 rings (SSSR count). The molecule has 1 aromatic heterocycles. The molecule has 0 aliphatic rings. The van der Waals surface area contributed by atoms with Crippen molar-refractivity contribution in [2.24, 2.45) is 0 Å². The van der Waals surface area contributed by atoms with Gasteiger partial charge in [-0.15, -0.1) is 11.6 Å². The molecule has 5 heteroatoms. The second-order valence-electron chi connectivity index (χ2n) is 4.40. The van der Waals surface area contributed by atoms with Crippen molar-refractivity contribution in [3.63, 3.8) is 0 Å². The zero-order chi connectivity index (χ0) is 14.0. The average Bonchev–Trinajstić information content (AvgIpc) is 2.26. The molecule has 0 saturated heterocycles. The van der Waals surface area contributed by atoms with Crippen molar-refractivity contribution in [1.29, 1.82) is 0 Å². The van der Waals surface area contributed by atoms with Gasteiger partial charge in [0.15, 0.2) is 0 Å². The van der Waals surface area contributed by atoms with Crippen LogP contribution in [0.5, 0.6) is 0 Å². The lowest BCUT2D eigenvalue weighted by Crippen LogP contribution is -2.03. The molecule has 0 amide bonds. The van der Waals surface area contributed by atoms with Crippen LogP contribution in [0.3, 0.4) is 0 Å². The first kappa shape index (κ1) is 13.9. The van der Waals surface area contributed by atoms with Crippen LogP contribution in [0.1, 0.15) is 34.9 Å². The molecule has 1 unspecified atom stereocenters. The number of rotatable bonds is 3. The van der Waals surface area contributed by atoms with Gasteiger partial charge in [-0.1, -0.05) is 0 Å². The Bertz CT molecular complexity index is 580. The van der Waals surface area contributed by atoms with Crippen molar-refractivity contribution in [3.05, 3.63) is 58.7 Å². The molecule has 0 aliphatic carbocycles. The zero-order valence-electron chi connectivity index (χ0n) is 10.6. The van der Waals surface area contributed by atoms with Crippen LogP contribution in [0.25, 0.3) is 0 Å². The van der Waals surface area contributed by atoms with Crippen LogP contribution >= 0.6 is 11.6 Å². The summed E-state index contributed by atoms with van der Waals surface area (Å²) in [7, 11) is 0. The quantitative estimate of drug-likeness (QED) is 0.797. The van der Waals surface area contributed by atoms with E-state index in [1.54, 1.807) is 6.20 Å². The number of hydrogen-bond donors (Lipinski definition) is 0. The van der Waals surface area contributed by atoms with Gasteiger partial charge in [-0.25, -0.2) is 18.7 Å². The predicted molar refractivity (Wildman–Crippen MR) is 70.2 cm³/mol. The molecule has 0 fully saturated rings. The molecular formula is C14H13ClF2N2. The highest BCUT2D eigenvalue weighted by atomic mass is 35.5. The highest BCUT2D eigenvalue weighted by molar-refractivity contribution is 6.20. The van der Waals surface area contributed by atoms with Crippen LogP contribution in [-0.2, 0) is 6.42 Å². The van der Waals surface area contributed by atoms with Crippen molar-refractivity contribution < 1.29 is 8.78 Å². The van der Waals surface area contributed by atoms with Gasteiger partial charge in [-0.2, -0.15) is 0 Å². The van der Waals surface area contributed by atoms with E-state index in [2.05, 4.69) is 9.97 Å². The second-order valence-corrected chi connectivity index (χ2v) is 5.05. The minimum atomic E-state index is -0.599. The maximum Gasteiger partial charge on any atom is 0.132 e. The number of nitrogens with zero attached hydrogens (tertiary/aromatic N) is 2. The average molecular weight is 283 g/mol. The maximum absolute atomic E-state index is 13.1. The number of aryl methyl sites for hydroxylation is 1. The van der Waals surface area contributed by atoms with Gasteiger partial charge in [0.05, 0.1) is 5.38 Å². The first-order chi connectivity index (χ1) is 8.95. The fraction of sp³-hybridized carbons (Fsp3) is 0.286. The minimum Gasteiger partial charge on any atom is -0.241 e. The van der Waals surface area contributed by atoms with E-state index in [1.807, 2.05) is 13.8 Å². The highest BCUT2D eigenvalue weighted by Crippen LogP contribution is 2.21. The molecule has 0 aliphatic heterocycles. The van der Waals surface area contributed by atoms with Crippen molar-refractivity contribution in [2.75, 3.05) is 0 Å². The Morgan fingerprint density at radius 2 is 1.84 bits per heavy atom. The van der Waals surface area contributed by atoms with E-state index in [9.17, 15) is 8.78 Å². The van der Waals surface area contributed by atoms with Gasteiger partial charge in [0, 0.05) is 29.9 Å². The fourth-order valence-electron chi connectivity index (χ4n) is 1.90. The predicted octanol–water partition coefficient (Wildman–Crippen LogP) is 3.95.